The van der Waals surface area contributed by atoms with E-state index in [4.69, 9.17) is 0 Å². The van der Waals surface area contributed by atoms with Gasteiger partial charge < -0.3 is 10.6 Å². The minimum atomic E-state index is 0.133. The summed E-state index contributed by atoms with van der Waals surface area (Å²) < 4.78 is 1.85. The summed E-state index contributed by atoms with van der Waals surface area (Å²) in [5.74, 6) is 0.133. The molecule has 1 aliphatic rings. The topological polar surface area (TPSA) is 59.0 Å². The molecule has 0 saturated carbocycles. The third kappa shape index (κ3) is 3.85. The average Bonchev–Trinajstić information content (AvgIpc) is 2.90. The zero-order valence-electron chi connectivity index (χ0n) is 10.3. The molecule has 0 radical (unpaired) electrons. The summed E-state index contributed by atoms with van der Waals surface area (Å²) in [7, 11) is 0. The van der Waals surface area contributed by atoms with Crippen LogP contribution in [0.15, 0.2) is 12.4 Å². The first-order chi connectivity index (χ1) is 8.24. The Morgan fingerprint density at radius 2 is 2.59 bits per heavy atom. The van der Waals surface area contributed by atoms with Crippen molar-refractivity contribution >= 4 is 5.91 Å². The lowest BCUT2D eigenvalue weighted by Gasteiger charge is -2.10. The Morgan fingerprint density at radius 3 is 3.24 bits per heavy atom. The molecule has 1 saturated heterocycles. The number of nitrogens with zero attached hydrogens (tertiary/aromatic N) is 2. The molecule has 0 aliphatic carbocycles. The van der Waals surface area contributed by atoms with E-state index in [1.54, 1.807) is 0 Å². The predicted octanol–water partition coefficient (Wildman–Crippen LogP) is 0.450. The molecule has 2 rings (SSSR count). The van der Waals surface area contributed by atoms with Gasteiger partial charge >= 0.3 is 0 Å². The van der Waals surface area contributed by atoms with Gasteiger partial charge in [-0.1, -0.05) is 0 Å². The van der Waals surface area contributed by atoms with Crippen molar-refractivity contribution in [3.8, 4) is 0 Å². The largest absolute Gasteiger partial charge is 0.354 e. The lowest BCUT2D eigenvalue weighted by Crippen LogP contribution is -2.33. The lowest BCUT2D eigenvalue weighted by atomic mass is 10.1. The Kier molecular flexibility index (Phi) is 4.14. The van der Waals surface area contributed by atoms with Gasteiger partial charge in [-0.3, -0.25) is 9.48 Å². The Balaban J connectivity index is 1.62. The van der Waals surface area contributed by atoms with Crippen LogP contribution in [0.2, 0.25) is 0 Å². The minimum absolute atomic E-state index is 0.133. The van der Waals surface area contributed by atoms with Crippen molar-refractivity contribution in [1.82, 2.24) is 20.4 Å². The Morgan fingerprint density at radius 1 is 1.71 bits per heavy atom. The molecule has 0 aromatic carbocycles. The highest BCUT2D eigenvalue weighted by atomic mass is 16.1. The minimum Gasteiger partial charge on any atom is -0.354 e. The monoisotopic (exact) mass is 236 g/mol. The van der Waals surface area contributed by atoms with Crippen LogP contribution in [0.4, 0.5) is 0 Å². The second-order valence-electron chi connectivity index (χ2n) is 4.63. The van der Waals surface area contributed by atoms with E-state index in [0.717, 1.165) is 25.1 Å². The number of amides is 1. The zero-order valence-corrected chi connectivity index (χ0v) is 10.3. The van der Waals surface area contributed by atoms with E-state index in [-0.39, 0.29) is 5.91 Å². The smallest absolute Gasteiger partial charge is 0.221 e. The highest BCUT2D eigenvalue weighted by Crippen LogP contribution is 2.07. The van der Waals surface area contributed by atoms with E-state index in [9.17, 15) is 4.79 Å². The molecule has 1 aromatic heterocycles. The highest BCUT2D eigenvalue weighted by Gasteiger charge is 2.16. The molecule has 1 atom stereocenters. The summed E-state index contributed by atoms with van der Waals surface area (Å²) in [6, 6.07) is 0.377. The molecule has 1 fully saturated rings. The van der Waals surface area contributed by atoms with Crippen LogP contribution in [0.5, 0.6) is 0 Å². The second-order valence-corrected chi connectivity index (χ2v) is 4.63. The van der Waals surface area contributed by atoms with E-state index in [0.29, 0.717) is 19.0 Å². The molecule has 17 heavy (non-hydrogen) atoms. The van der Waals surface area contributed by atoms with Gasteiger partial charge in [0.1, 0.15) is 0 Å². The van der Waals surface area contributed by atoms with Crippen molar-refractivity contribution in [2.24, 2.45) is 0 Å². The molecule has 5 nitrogen and oxygen atoms in total. The van der Waals surface area contributed by atoms with E-state index < -0.39 is 0 Å². The van der Waals surface area contributed by atoms with E-state index in [1.165, 1.54) is 6.42 Å². The number of carbonyl (C=O) groups excluding carboxylic acids is 1. The molecule has 5 heteroatoms. The van der Waals surface area contributed by atoms with Gasteiger partial charge in [0, 0.05) is 25.2 Å². The van der Waals surface area contributed by atoms with Gasteiger partial charge in [0.2, 0.25) is 5.91 Å². The summed E-state index contributed by atoms with van der Waals surface area (Å²) >= 11 is 0. The molecule has 0 spiro atoms. The van der Waals surface area contributed by atoms with E-state index in [1.807, 2.05) is 24.0 Å². The van der Waals surface area contributed by atoms with Gasteiger partial charge in [0.15, 0.2) is 0 Å². The second kappa shape index (κ2) is 5.82. The number of aromatic nitrogens is 2. The van der Waals surface area contributed by atoms with Crippen LogP contribution in [-0.4, -0.2) is 34.8 Å². The van der Waals surface area contributed by atoms with Crippen LogP contribution in [0.25, 0.3) is 0 Å². The standard InChI is InChI=1S/C12H20N4O/c1-10-8-15-16(9-10)6-5-14-12(17)7-11-3-2-4-13-11/h8-9,11,13H,2-7H2,1H3,(H,14,17). The summed E-state index contributed by atoms with van der Waals surface area (Å²) in [5, 5.41) is 10.4. The number of aryl methyl sites for hydroxylation is 1. The summed E-state index contributed by atoms with van der Waals surface area (Å²) in [4.78, 5) is 11.6. The lowest BCUT2D eigenvalue weighted by molar-refractivity contribution is -0.121. The number of rotatable bonds is 5. The molecule has 2 N–H and O–H groups in total. The SMILES string of the molecule is Cc1cnn(CCNC(=O)CC2CCCN2)c1. The third-order valence-electron chi connectivity index (χ3n) is 3.02. The fourth-order valence-corrected chi connectivity index (χ4v) is 2.13. The number of hydrogen-bond acceptors (Lipinski definition) is 3. The van der Waals surface area contributed by atoms with E-state index in [2.05, 4.69) is 15.7 Å². The van der Waals surface area contributed by atoms with Crippen molar-refractivity contribution < 1.29 is 4.79 Å². The first kappa shape index (κ1) is 12.1. The Bertz CT molecular complexity index is 368. The van der Waals surface area contributed by atoms with Gasteiger partial charge in [0.25, 0.3) is 0 Å². The molecule has 1 amide bonds. The molecule has 1 aromatic rings. The maximum atomic E-state index is 11.6. The van der Waals surface area contributed by atoms with Gasteiger partial charge in [-0.2, -0.15) is 5.10 Å². The normalized spacial score (nSPS) is 19.5. The summed E-state index contributed by atoms with van der Waals surface area (Å²) in [5.41, 5.74) is 1.14. The molecular weight excluding hydrogens is 216 g/mol. The fraction of sp³-hybridized carbons (Fsp3) is 0.667. The fourth-order valence-electron chi connectivity index (χ4n) is 2.13. The number of hydrogen-bond donors (Lipinski definition) is 2. The van der Waals surface area contributed by atoms with Gasteiger partial charge in [0.05, 0.1) is 12.7 Å². The van der Waals surface area contributed by atoms with Crippen LogP contribution in [0.3, 0.4) is 0 Å². The van der Waals surface area contributed by atoms with Crippen molar-refractivity contribution in [3.63, 3.8) is 0 Å². The van der Waals surface area contributed by atoms with Crippen molar-refractivity contribution in [2.75, 3.05) is 13.1 Å². The zero-order chi connectivity index (χ0) is 12.1. The number of carbonyl (C=O) groups is 1. The van der Waals surface area contributed by atoms with Crippen molar-refractivity contribution in [3.05, 3.63) is 18.0 Å². The predicted molar refractivity (Wildman–Crippen MR) is 65.6 cm³/mol. The molecule has 1 aliphatic heterocycles. The third-order valence-corrected chi connectivity index (χ3v) is 3.02. The van der Waals surface area contributed by atoms with E-state index >= 15 is 0 Å². The maximum Gasteiger partial charge on any atom is 0.221 e. The highest BCUT2D eigenvalue weighted by molar-refractivity contribution is 5.76. The van der Waals surface area contributed by atoms with Crippen LogP contribution in [0.1, 0.15) is 24.8 Å². The van der Waals surface area contributed by atoms with Crippen LogP contribution >= 0.6 is 0 Å². The number of nitrogens with one attached hydrogen (secondary N) is 2. The first-order valence-corrected chi connectivity index (χ1v) is 6.23. The summed E-state index contributed by atoms with van der Waals surface area (Å²) in [6.45, 7) is 4.43. The van der Waals surface area contributed by atoms with Crippen LogP contribution in [-0.2, 0) is 11.3 Å². The van der Waals surface area contributed by atoms with Crippen molar-refractivity contribution in [1.29, 1.82) is 0 Å². The Hall–Kier alpha value is -1.36. The maximum absolute atomic E-state index is 11.6. The quantitative estimate of drug-likeness (QED) is 0.780. The van der Waals surface area contributed by atoms with Gasteiger partial charge in [-0.25, -0.2) is 0 Å². The molecule has 1 unspecified atom stereocenters. The van der Waals surface area contributed by atoms with Gasteiger partial charge in [-0.05, 0) is 31.9 Å². The average molecular weight is 236 g/mol. The summed E-state index contributed by atoms with van der Waals surface area (Å²) in [6.07, 6.45) is 6.70. The molecule has 94 valence electrons. The first-order valence-electron chi connectivity index (χ1n) is 6.23. The Labute approximate surface area is 102 Å². The van der Waals surface area contributed by atoms with Crippen LogP contribution in [0, 0.1) is 6.92 Å². The van der Waals surface area contributed by atoms with Crippen LogP contribution < -0.4 is 10.6 Å². The molecule has 2 heterocycles. The van der Waals surface area contributed by atoms with Gasteiger partial charge in [-0.15, -0.1) is 0 Å². The molecular formula is C12H20N4O. The molecule has 0 bridgehead atoms. The van der Waals surface area contributed by atoms with Crippen molar-refractivity contribution in [2.45, 2.75) is 38.8 Å².